The number of piperidine rings is 1. The van der Waals surface area contributed by atoms with Gasteiger partial charge in [0.1, 0.15) is 4.21 Å². The van der Waals surface area contributed by atoms with Crippen LogP contribution in [0.1, 0.15) is 19.8 Å². The Morgan fingerprint density at radius 2 is 2.04 bits per heavy atom. The summed E-state index contributed by atoms with van der Waals surface area (Å²) in [5.41, 5.74) is 0. The molecule has 0 spiro atoms. The van der Waals surface area contributed by atoms with Gasteiger partial charge < -0.3 is 9.80 Å². The highest BCUT2D eigenvalue weighted by atomic mass is 35.5. The first kappa shape index (κ1) is 19.1. The fraction of sp³-hybridized carbons (Fsp3) is 0.688. The summed E-state index contributed by atoms with van der Waals surface area (Å²) in [5.74, 6) is 0.816. The summed E-state index contributed by atoms with van der Waals surface area (Å²) in [7, 11) is -3.50. The van der Waals surface area contributed by atoms with Crippen LogP contribution in [0.2, 0.25) is 4.34 Å². The van der Waals surface area contributed by atoms with Gasteiger partial charge in [0.05, 0.1) is 17.4 Å². The quantitative estimate of drug-likeness (QED) is 0.794. The van der Waals surface area contributed by atoms with Gasteiger partial charge in [-0.05, 0) is 25.0 Å². The summed E-state index contributed by atoms with van der Waals surface area (Å²) in [6, 6.07) is 3.14. The molecule has 1 aromatic rings. The molecule has 2 aliphatic rings. The Balaban J connectivity index is 1.53. The SMILES string of the molecule is C[C@@H]1CCC[NH+](CC(=O)N2CCN(S(=O)(=O)c3ccc(Cl)s3)CC2)C1. The molecule has 2 fully saturated rings. The molecule has 0 saturated carbocycles. The van der Waals surface area contributed by atoms with E-state index in [1.807, 2.05) is 0 Å². The maximum Gasteiger partial charge on any atom is 0.277 e. The highest BCUT2D eigenvalue weighted by Crippen LogP contribution is 2.28. The Labute approximate surface area is 158 Å². The zero-order valence-electron chi connectivity index (χ0n) is 14.4. The molecule has 2 saturated heterocycles. The Morgan fingerprint density at radius 3 is 2.64 bits per heavy atom. The number of nitrogens with one attached hydrogen (secondary N) is 1. The minimum absolute atomic E-state index is 0.139. The number of carbonyl (C=O) groups is 1. The van der Waals surface area contributed by atoms with E-state index in [4.69, 9.17) is 11.6 Å². The fourth-order valence-corrected chi connectivity index (χ4v) is 6.68. The van der Waals surface area contributed by atoms with E-state index in [2.05, 4.69) is 6.92 Å². The Kier molecular flexibility index (Phi) is 6.05. The van der Waals surface area contributed by atoms with Crippen molar-refractivity contribution in [3.05, 3.63) is 16.5 Å². The van der Waals surface area contributed by atoms with Crippen molar-refractivity contribution in [1.82, 2.24) is 9.21 Å². The number of quaternary nitrogens is 1. The number of halogens is 1. The number of carbonyl (C=O) groups excluding carboxylic acids is 1. The van der Waals surface area contributed by atoms with Crippen molar-refractivity contribution in [1.29, 1.82) is 0 Å². The summed E-state index contributed by atoms with van der Waals surface area (Å²) < 4.78 is 27.4. The molecule has 0 radical (unpaired) electrons. The topological polar surface area (TPSA) is 62.1 Å². The van der Waals surface area contributed by atoms with Gasteiger partial charge in [-0.1, -0.05) is 18.5 Å². The second-order valence-electron chi connectivity index (χ2n) is 6.97. The molecule has 0 bridgehead atoms. The van der Waals surface area contributed by atoms with Gasteiger partial charge >= 0.3 is 0 Å². The summed E-state index contributed by atoms with van der Waals surface area (Å²) in [6.45, 7) is 6.48. The number of nitrogens with zero attached hydrogens (tertiary/aromatic N) is 2. The molecule has 2 aliphatic heterocycles. The molecule has 25 heavy (non-hydrogen) atoms. The highest BCUT2D eigenvalue weighted by Gasteiger charge is 2.32. The molecular weight excluding hydrogens is 382 g/mol. The number of thiophene rings is 1. The monoisotopic (exact) mass is 406 g/mol. The van der Waals surface area contributed by atoms with Gasteiger partial charge in [0, 0.05) is 32.1 Å². The van der Waals surface area contributed by atoms with Crippen LogP contribution in [0, 0.1) is 5.92 Å². The van der Waals surface area contributed by atoms with Crippen LogP contribution in [0.5, 0.6) is 0 Å². The van der Waals surface area contributed by atoms with E-state index in [9.17, 15) is 13.2 Å². The van der Waals surface area contributed by atoms with Crippen LogP contribution >= 0.6 is 22.9 Å². The Bertz CT molecular complexity index is 714. The van der Waals surface area contributed by atoms with Crippen LogP contribution < -0.4 is 4.90 Å². The van der Waals surface area contributed by atoms with Gasteiger partial charge in [0.25, 0.3) is 15.9 Å². The molecule has 1 unspecified atom stereocenters. The van der Waals surface area contributed by atoms with E-state index in [-0.39, 0.29) is 10.1 Å². The molecule has 1 aromatic heterocycles. The molecule has 2 atom stereocenters. The zero-order valence-corrected chi connectivity index (χ0v) is 16.8. The first-order chi connectivity index (χ1) is 11.9. The van der Waals surface area contributed by atoms with Gasteiger partial charge in [-0.2, -0.15) is 4.31 Å². The Hall–Kier alpha value is -0.670. The zero-order chi connectivity index (χ0) is 18.0. The van der Waals surface area contributed by atoms with Crippen molar-refractivity contribution < 1.29 is 18.1 Å². The molecule has 9 heteroatoms. The number of hydrogen-bond donors (Lipinski definition) is 1. The molecule has 6 nitrogen and oxygen atoms in total. The second kappa shape index (κ2) is 7.92. The van der Waals surface area contributed by atoms with E-state index in [0.717, 1.165) is 24.4 Å². The van der Waals surface area contributed by atoms with Crippen LogP contribution in [-0.2, 0) is 14.8 Å². The molecule has 140 valence electrons. The average Bonchev–Trinajstić information content (AvgIpc) is 3.02. The van der Waals surface area contributed by atoms with Crippen molar-refractivity contribution >= 4 is 38.9 Å². The minimum Gasteiger partial charge on any atom is -0.335 e. The van der Waals surface area contributed by atoms with E-state index in [0.29, 0.717) is 43.0 Å². The third-order valence-corrected chi connectivity index (χ3v) is 8.60. The number of amides is 1. The molecule has 3 rings (SSSR count). The standard InChI is InChI=1S/C16H24ClN3O3S2/c1-13-3-2-6-18(11-13)12-15(21)19-7-9-20(10-8-19)25(22,23)16-5-4-14(17)24-16/h4-5,13H,2-3,6-12H2,1H3/p+1/t13-/m1/s1. The van der Waals surface area contributed by atoms with Crippen LogP contribution in [0.3, 0.4) is 0 Å². The molecule has 1 amide bonds. The molecule has 1 N–H and O–H groups in total. The highest BCUT2D eigenvalue weighted by molar-refractivity contribution is 7.91. The second-order valence-corrected chi connectivity index (χ2v) is 10.9. The molecule has 0 aliphatic carbocycles. The van der Waals surface area contributed by atoms with Crippen molar-refractivity contribution in [3.8, 4) is 0 Å². The first-order valence-electron chi connectivity index (χ1n) is 8.73. The number of sulfonamides is 1. The smallest absolute Gasteiger partial charge is 0.277 e. The van der Waals surface area contributed by atoms with E-state index < -0.39 is 10.0 Å². The van der Waals surface area contributed by atoms with Gasteiger partial charge in [-0.15, -0.1) is 11.3 Å². The summed E-state index contributed by atoms with van der Waals surface area (Å²) >= 11 is 6.92. The van der Waals surface area contributed by atoms with Gasteiger partial charge in [-0.3, -0.25) is 4.79 Å². The molecular formula is C16H25ClN3O3S2+. The van der Waals surface area contributed by atoms with Gasteiger partial charge in [0.15, 0.2) is 6.54 Å². The molecule has 3 heterocycles. The predicted molar refractivity (Wildman–Crippen MR) is 98.6 cm³/mol. The van der Waals surface area contributed by atoms with Crippen LogP contribution in [-0.4, -0.2) is 69.3 Å². The lowest BCUT2D eigenvalue weighted by Crippen LogP contribution is -3.14. The van der Waals surface area contributed by atoms with Crippen molar-refractivity contribution in [2.45, 2.75) is 24.0 Å². The van der Waals surface area contributed by atoms with Gasteiger partial charge in [0.2, 0.25) is 0 Å². The normalized spacial score (nSPS) is 25.9. The third-order valence-electron chi connectivity index (χ3n) is 5.00. The fourth-order valence-electron chi connectivity index (χ4n) is 3.63. The third kappa shape index (κ3) is 4.54. The summed E-state index contributed by atoms with van der Waals surface area (Å²) in [5, 5.41) is 0. The minimum atomic E-state index is -3.50. The number of piperazine rings is 1. The van der Waals surface area contributed by atoms with Gasteiger partial charge in [-0.25, -0.2) is 8.42 Å². The largest absolute Gasteiger partial charge is 0.335 e. The number of rotatable bonds is 4. The van der Waals surface area contributed by atoms with Crippen molar-refractivity contribution in [2.75, 3.05) is 45.8 Å². The maximum absolute atomic E-state index is 12.6. The first-order valence-corrected chi connectivity index (χ1v) is 11.4. The summed E-state index contributed by atoms with van der Waals surface area (Å²) in [6.07, 6.45) is 2.43. The van der Waals surface area contributed by atoms with Crippen LogP contribution in [0.25, 0.3) is 0 Å². The van der Waals surface area contributed by atoms with Crippen molar-refractivity contribution in [3.63, 3.8) is 0 Å². The Morgan fingerprint density at radius 1 is 1.32 bits per heavy atom. The van der Waals surface area contributed by atoms with Crippen LogP contribution in [0.15, 0.2) is 16.3 Å². The molecule has 0 aromatic carbocycles. The number of likely N-dealkylation sites (tertiary alicyclic amines) is 1. The van der Waals surface area contributed by atoms with Crippen LogP contribution in [0.4, 0.5) is 0 Å². The van der Waals surface area contributed by atoms with Crippen molar-refractivity contribution in [2.24, 2.45) is 5.92 Å². The lowest BCUT2D eigenvalue weighted by atomic mass is 10.0. The van der Waals surface area contributed by atoms with E-state index in [1.165, 1.54) is 22.0 Å². The lowest BCUT2D eigenvalue weighted by Gasteiger charge is -2.35. The van der Waals surface area contributed by atoms with E-state index >= 15 is 0 Å². The number of hydrogen-bond acceptors (Lipinski definition) is 4. The van der Waals surface area contributed by atoms with E-state index in [1.54, 1.807) is 17.0 Å². The maximum atomic E-state index is 12.6. The average molecular weight is 407 g/mol. The summed E-state index contributed by atoms with van der Waals surface area (Å²) in [4.78, 5) is 15.7. The lowest BCUT2D eigenvalue weighted by molar-refractivity contribution is -0.900. The predicted octanol–water partition coefficient (Wildman–Crippen LogP) is 0.549.